The summed E-state index contributed by atoms with van der Waals surface area (Å²) in [5.41, 5.74) is 0.796. The zero-order valence-corrected chi connectivity index (χ0v) is 13.9. The van der Waals surface area contributed by atoms with Crippen LogP contribution in [-0.4, -0.2) is 42.1 Å². The molecule has 1 aliphatic heterocycles. The lowest BCUT2D eigenvalue weighted by atomic mass is 10.1. The van der Waals surface area contributed by atoms with Crippen LogP contribution in [0.25, 0.3) is 0 Å². The average Bonchev–Trinajstić information content (AvgIpc) is 2.69. The molecular weight excluding hydrogens is 336 g/mol. The number of carbonyl (C=O) groups excluding carboxylic acids is 2. The Morgan fingerprint density at radius 1 is 0.885 bits per heavy atom. The van der Waals surface area contributed by atoms with Gasteiger partial charge < -0.3 is 19.3 Å². The largest absolute Gasteiger partial charge is 0.459 e. The number of rotatable bonds is 5. The fraction of sp³-hybridized carbons (Fsp3) is 0.200. The van der Waals surface area contributed by atoms with E-state index in [0.29, 0.717) is 11.1 Å². The molecule has 1 aliphatic rings. The molecule has 0 bridgehead atoms. The van der Waals surface area contributed by atoms with Gasteiger partial charge in [-0.3, -0.25) is 0 Å². The minimum atomic E-state index is -1.15. The van der Waals surface area contributed by atoms with Crippen LogP contribution in [-0.2, 0) is 14.2 Å². The van der Waals surface area contributed by atoms with Gasteiger partial charge in [-0.15, -0.1) is 0 Å². The zero-order chi connectivity index (χ0) is 18.4. The van der Waals surface area contributed by atoms with Gasteiger partial charge in [0, 0.05) is 0 Å². The predicted octanol–water partition coefficient (Wildman–Crippen LogP) is 2.34. The Hall–Kier alpha value is -2.96. The first-order valence-electron chi connectivity index (χ1n) is 8.13. The molecule has 0 fully saturated rings. The molecule has 1 heterocycles. The monoisotopic (exact) mass is 354 g/mol. The summed E-state index contributed by atoms with van der Waals surface area (Å²) in [5.74, 6) is -1.05. The normalized spacial score (nSPS) is 21.8. The molecular formula is C20H18O6. The molecule has 2 aromatic rings. The van der Waals surface area contributed by atoms with Crippen LogP contribution in [0.15, 0.2) is 72.8 Å². The fourth-order valence-electron chi connectivity index (χ4n) is 2.46. The van der Waals surface area contributed by atoms with Crippen LogP contribution in [0.1, 0.15) is 20.7 Å². The minimum absolute atomic E-state index is 0.165. The number of benzene rings is 2. The topological polar surface area (TPSA) is 82.1 Å². The first kappa shape index (κ1) is 17.8. The molecule has 1 N–H and O–H groups in total. The molecule has 0 amide bonds. The van der Waals surface area contributed by atoms with Crippen LogP contribution in [0.5, 0.6) is 0 Å². The van der Waals surface area contributed by atoms with E-state index in [1.165, 1.54) is 12.2 Å². The number of hydrogen-bond donors (Lipinski definition) is 1. The van der Waals surface area contributed by atoms with Crippen molar-refractivity contribution in [2.24, 2.45) is 0 Å². The molecule has 3 atom stereocenters. The van der Waals surface area contributed by atoms with Crippen LogP contribution in [0.4, 0.5) is 0 Å². The van der Waals surface area contributed by atoms with Crippen molar-refractivity contribution >= 4 is 11.9 Å². The Labute approximate surface area is 150 Å². The minimum Gasteiger partial charge on any atom is -0.459 e. The Kier molecular flexibility index (Phi) is 5.78. The Morgan fingerprint density at radius 2 is 1.46 bits per heavy atom. The summed E-state index contributed by atoms with van der Waals surface area (Å²) in [4.78, 5) is 24.3. The lowest BCUT2D eigenvalue weighted by Crippen LogP contribution is -2.41. The van der Waals surface area contributed by atoms with E-state index < -0.39 is 30.4 Å². The molecule has 134 valence electrons. The number of esters is 2. The van der Waals surface area contributed by atoms with Gasteiger partial charge >= 0.3 is 11.9 Å². The van der Waals surface area contributed by atoms with Gasteiger partial charge in [0.05, 0.1) is 11.1 Å². The number of carbonyl (C=O) groups is 2. The third kappa shape index (κ3) is 4.56. The van der Waals surface area contributed by atoms with Crippen LogP contribution >= 0.6 is 0 Å². The van der Waals surface area contributed by atoms with Crippen LogP contribution in [0.3, 0.4) is 0 Å². The maximum Gasteiger partial charge on any atom is 0.338 e. The molecule has 1 unspecified atom stereocenters. The van der Waals surface area contributed by atoms with Crippen molar-refractivity contribution in [1.29, 1.82) is 0 Å². The first-order chi connectivity index (χ1) is 12.6. The van der Waals surface area contributed by atoms with Crippen molar-refractivity contribution in [3.63, 3.8) is 0 Å². The van der Waals surface area contributed by atoms with Crippen molar-refractivity contribution in [2.45, 2.75) is 18.5 Å². The maximum atomic E-state index is 12.2. The van der Waals surface area contributed by atoms with Gasteiger partial charge in [-0.05, 0) is 36.4 Å². The highest BCUT2D eigenvalue weighted by Gasteiger charge is 2.31. The first-order valence-corrected chi connectivity index (χ1v) is 8.13. The fourth-order valence-corrected chi connectivity index (χ4v) is 2.46. The second kappa shape index (κ2) is 8.42. The van der Waals surface area contributed by atoms with Gasteiger partial charge in [-0.25, -0.2) is 9.59 Å². The van der Waals surface area contributed by atoms with Crippen LogP contribution < -0.4 is 0 Å². The van der Waals surface area contributed by atoms with E-state index in [9.17, 15) is 14.7 Å². The van der Waals surface area contributed by atoms with E-state index in [1.807, 2.05) is 0 Å². The second-order valence-electron chi connectivity index (χ2n) is 5.65. The highest BCUT2D eigenvalue weighted by atomic mass is 16.6. The third-order valence-electron chi connectivity index (χ3n) is 3.79. The number of ether oxygens (including phenoxy) is 3. The van der Waals surface area contributed by atoms with E-state index in [4.69, 9.17) is 14.2 Å². The SMILES string of the molecule is O=C(OC[C@H]1OC(O)C=C[C@@H]1OC(=O)c1ccccc1)c1ccccc1. The van der Waals surface area contributed by atoms with Crippen LogP contribution in [0, 0.1) is 0 Å². The molecule has 6 heteroatoms. The molecule has 0 saturated heterocycles. The molecule has 26 heavy (non-hydrogen) atoms. The third-order valence-corrected chi connectivity index (χ3v) is 3.79. The second-order valence-corrected chi connectivity index (χ2v) is 5.65. The zero-order valence-electron chi connectivity index (χ0n) is 13.9. The molecule has 3 rings (SSSR count). The summed E-state index contributed by atoms with van der Waals surface area (Å²) >= 11 is 0. The van der Waals surface area contributed by atoms with Gasteiger partial charge in [-0.2, -0.15) is 0 Å². The van der Waals surface area contributed by atoms with E-state index in [0.717, 1.165) is 0 Å². The molecule has 0 aromatic heterocycles. The summed E-state index contributed by atoms with van der Waals surface area (Å²) in [5, 5.41) is 9.64. The summed E-state index contributed by atoms with van der Waals surface area (Å²) in [6.45, 7) is -0.165. The number of hydrogen-bond acceptors (Lipinski definition) is 6. The summed E-state index contributed by atoms with van der Waals surface area (Å²) in [7, 11) is 0. The maximum absolute atomic E-state index is 12.2. The van der Waals surface area contributed by atoms with Crippen LogP contribution in [0.2, 0.25) is 0 Å². The number of aliphatic hydroxyl groups is 1. The van der Waals surface area contributed by atoms with Crippen molar-refractivity contribution in [3.8, 4) is 0 Å². The predicted molar refractivity (Wildman–Crippen MR) is 92.4 cm³/mol. The summed E-state index contributed by atoms with van der Waals surface area (Å²) < 4.78 is 16.0. The molecule has 0 radical (unpaired) electrons. The van der Waals surface area contributed by atoms with Crippen molar-refractivity contribution in [3.05, 3.63) is 83.9 Å². The summed E-state index contributed by atoms with van der Waals surface area (Å²) in [6, 6.07) is 17.0. The van der Waals surface area contributed by atoms with Gasteiger partial charge in [0.15, 0.2) is 12.4 Å². The molecule has 0 aliphatic carbocycles. The highest BCUT2D eigenvalue weighted by molar-refractivity contribution is 5.90. The van der Waals surface area contributed by atoms with Gasteiger partial charge in [0.1, 0.15) is 12.7 Å². The highest BCUT2D eigenvalue weighted by Crippen LogP contribution is 2.18. The lowest BCUT2D eigenvalue weighted by Gasteiger charge is -2.29. The van der Waals surface area contributed by atoms with E-state index in [-0.39, 0.29) is 6.61 Å². The quantitative estimate of drug-likeness (QED) is 0.656. The Bertz CT molecular complexity index is 771. The van der Waals surface area contributed by atoms with Gasteiger partial charge in [0.25, 0.3) is 0 Å². The van der Waals surface area contributed by atoms with Gasteiger partial charge in [-0.1, -0.05) is 36.4 Å². The Morgan fingerprint density at radius 3 is 2.08 bits per heavy atom. The molecule has 0 saturated carbocycles. The van der Waals surface area contributed by atoms with Crippen molar-refractivity contribution < 1.29 is 28.9 Å². The smallest absolute Gasteiger partial charge is 0.338 e. The van der Waals surface area contributed by atoms with E-state index in [1.54, 1.807) is 60.7 Å². The van der Waals surface area contributed by atoms with Gasteiger partial charge in [0.2, 0.25) is 0 Å². The van der Waals surface area contributed by atoms with Crippen molar-refractivity contribution in [1.82, 2.24) is 0 Å². The molecule has 6 nitrogen and oxygen atoms in total. The average molecular weight is 354 g/mol. The number of aliphatic hydroxyl groups excluding tert-OH is 1. The standard InChI is InChI=1S/C20H18O6/c21-18-12-11-16(26-20(23)15-9-5-2-6-10-15)17(25-18)13-24-19(22)14-7-3-1-4-8-14/h1-12,16-18,21H,13H2/t16-,17+,18?/m0/s1. The summed E-state index contributed by atoms with van der Waals surface area (Å²) in [6.07, 6.45) is 0.154. The Balaban J connectivity index is 1.63. The van der Waals surface area contributed by atoms with E-state index >= 15 is 0 Å². The van der Waals surface area contributed by atoms with Crippen molar-refractivity contribution in [2.75, 3.05) is 6.61 Å². The molecule has 0 spiro atoms. The molecule has 2 aromatic carbocycles. The van der Waals surface area contributed by atoms with E-state index in [2.05, 4.69) is 0 Å². The lowest BCUT2D eigenvalue weighted by molar-refractivity contribution is -0.156.